The Kier molecular flexibility index (Phi) is 4.36. The molecule has 2 atom stereocenters. The molecule has 3 N–H and O–H groups in total. The molecule has 2 rings (SSSR count). The van der Waals surface area contributed by atoms with Gasteiger partial charge >= 0.3 is 6.18 Å². The Hall–Kier alpha value is -1.83. The Morgan fingerprint density at radius 3 is 2.67 bits per heavy atom. The molecular weight excluding hydrogens is 287 g/mol. The summed E-state index contributed by atoms with van der Waals surface area (Å²) >= 11 is 0. The number of nitrogens with zero attached hydrogens (tertiary/aromatic N) is 1. The van der Waals surface area contributed by atoms with Crippen LogP contribution in [0.25, 0.3) is 0 Å². The van der Waals surface area contributed by atoms with E-state index >= 15 is 0 Å². The van der Waals surface area contributed by atoms with Gasteiger partial charge in [0.2, 0.25) is 0 Å². The van der Waals surface area contributed by atoms with E-state index in [9.17, 15) is 23.3 Å². The number of nitro benzene ring substituents is 1. The summed E-state index contributed by atoms with van der Waals surface area (Å²) in [6.07, 6.45) is -2.11. The van der Waals surface area contributed by atoms with E-state index in [1.54, 1.807) is 0 Å². The number of nitrogens with one attached hydrogen (secondary N) is 1. The Labute approximate surface area is 119 Å². The Morgan fingerprint density at radius 2 is 2.10 bits per heavy atom. The van der Waals surface area contributed by atoms with E-state index in [1.165, 1.54) is 0 Å². The van der Waals surface area contributed by atoms with Crippen LogP contribution in [0.15, 0.2) is 18.2 Å². The normalized spacial score (nSPS) is 22.3. The van der Waals surface area contributed by atoms with E-state index in [-0.39, 0.29) is 17.6 Å². The first-order chi connectivity index (χ1) is 9.82. The lowest BCUT2D eigenvalue weighted by atomic mass is 10.0. The number of anilines is 1. The highest BCUT2D eigenvalue weighted by molar-refractivity contribution is 5.58. The second-order valence-corrected chi connectivity index (χ2v) is 5.16. The molecule has 8 heteroatoms. The topological polar surface area (TPSA) is 81.2 Å². The zero-order chi connectivity index (χ0) is 15.6. The fourth-order valence-electron chi connectivity index (χ4n) is 2.71. The molecule has 1 aromatic rings. The van der Waals surface area contributed by atoms with E-state index < -0.39 is 22.4 Å². The number of alkyl halides is 3. The van der Waals surface area contributed by atoms with Crippen molar-refractivity contribution in [2.24, 2.45) is 11.7 Å². The van der Waals surface area contributed by atoms with Gasteiger partial charge in [-0.05, 0) is 31.4 Å². The van der Waals surface area contributed by atoms with Gasteiger partial charge in [-0.25, -0.2) is 0 Å². The van der Waals surface area contributed by atoms with Gasteiger partial charge in [0.25, 0.3) is 5.69 Å². The maximum absolute atomic E-state index is 13.1. The Balaban J connectivity index is 2.32. The van der Waals surface area contributed by atoms with Crippen LogP contribution in [-0.2, 0) is 6.18 Å². The molecule has 2 unspecified atom stereocenters. The molecule has 0 heterocycles. The Morgan fingerprint density at radius 1 is 1.38 bits per heavy atom. The third-order valence-corrected chi connectivity index (χ3v) is 3.82. The van der Waals surface area contributed by atoms with Crippen LogP contribution in [0.2, 0.25) is 0 Å². The summed E-state index contributed by atoms with van der Waals surface area (Å²) in [4.78, 5) is 9.80. The summed E-state index contributed by atoms with van der Waals surface area (Å²) in [6, 6.07) is 2.63. The maximum Gasteiger partial charge on any atom is 0.418 e. The first-order valence-electron chi connectivity index (χ1n) is 6.65. The number of benzene rings is 1. The van der Waals surface area contributed by atoms with Gasteiger partial charge in [-0.15, -0.1) is 0 Å². The number of nitrogens with two attached hydrogens (primary N) is 1. The molecule has 0 radical (unpaired) electrons. The van der Waals surface area contributed by atoms with Crippen molar-refractivity contribution in [2.75, 3.05) is 11.9 Å². The molecule has 0 spiro atoms. The number of rotatable bonds is 4. The van der Waals surface area contributed by atoms with Crippen LogP contribution < -0.4 is 11.1 Å². The lowest BCUT2D eigenvalue weighted by Gasteiger charge is -2.23. The smallest absolute Gasteiger partial charge is 0.381 e. The summed E-state index contributed by atoms with van der Waals surface area (Å²) in [6.45, 7) is 0.409. The van der Waals surface area contributed by atoms with Gasteiger partial charge in [-0.2, -0.15) is 13.2 Å². The average molecular weight is 303 g/mol. The molecule has 21 heavy (non-hydrogen) atoms. The number of non-ortho nitro benzene ring substituents is 1. The second-order valence-electron chi connectivity index (χ2n) is 5.16. The van der Waals surface area contributed by atoms with E-state index in [0.29, 0.717) is 12.6 Å². The van der Waals surface area contributed by atoms with Crippen molar-refractivity contribution in [2.45, 2.75) is 31.5 Å². The Bertz CT molecular complexity index is 534. The molecule has 0 aromatic heterocycles. The largest absolute Gasteiger partial charge is 0.418 e. The van der Waals surface area contributed by atoms with Crippen molar-refractivity contribution in [3.05, 3.63) is 33.9 Å². The number of hydrogen-bond acceptors (Lipinski definition) is 4. The molecule has 116 valence electrons. The molecule has 0 saturated heterocycles. The molecule has 1 saturated carbocycles. The fraction of sp³-hybridized carbons (Fsp3) is 0.538. The summed E-state index contributed by atoms with van der Waals surface area (Å²) in [5.41, 5.74) is 3.90. The van der Waals surface area contributed by atoms with Gasteiger partial charge in [0.05, 0.1) is 10.5 Å². The first kappa shape index (κ1) is 15.6. The SMILES string of the molecule is NCC1CCCC1Nc1ccc([N+](=O)[O-])cc1C(F)(F)F. The maximum atomic E-state index is 13.1. The monoisotopic (exact) mass is 303 g/mol. The van der Waals surface area contributed by atoms with Crippen LogP contribution in [0.3, 0.4) is 0 Å². The summed E-state index contributed by atoms with van der Waals surface area (Å²) in [7, 11) is 0. The zero-order valence-corrected chi connectivity index (χ0v) is 11.2. The highest BCUT2D eigenvalue weighted by Crippen LogP contribution is 2.38. The highest BCUT2D eigenvalue weighted by Gasteiger charge is 2.36. The van der Waals surface area contributed by atoms with Crippen LogP contribution in [0, 0.1) is 16.0 Å². The van der Waals surface area contributed by atoms with Gasteiger partial charge in [-0.3, -0.25) is 10.1 Å². The first-order valence-corrected chi connectivity index (χ1v) is 6.65. The van der Waals surface area contributed by atoms with Gasteiger partial charge in [-0.1, -0.05) is 6.42 Å². The minimum Gasteiger partial charge on any atom is -0.381 e. The summed E-state index contributed by atoms with van der Waals surface area (Å²) < 4.78 is 39.2. The molecule has 0 aliphatic heterocycles. The standard InChI is InChI=1S/C13H16F3N3O2/c14-13(15,16)10-6-9(19(20)21)4-5-12(10)18-11-3-1-2-8(11)7-17/h4-6,8,11,18H,1-3,7,17H2. The van der Waals surface area contributed by atoms with Crippen molar-refractivity contribution >= 4 is 11.4 Å². The molecular formula is C13H16F3N3O2. The van der Waals surface area contributed by atoms with E-state index in [1.807, 2.05) is 0 Å². The van der Waals surface area contributed by atoms with Crippen LogP contribution in [0.5, 0.6) is 0 Å². The molecule has 1 aliphatic carbocycles. The zero-order valence-electron chi connectivity index (χ0n) is 11.2. The van der Waals surface area contributed by atoms with Crippen LogP contribution in [0.4, 0.5) is 24.5 Å². The quantitative estimate of drug-likeness (QED) is 0.661. The predicted octanol–water partition coefficient (Wildman–Crippen LogP) is 3.15. The summed E-state index contributed by atoms with van der Waals surface area (Å²) in [5, 5.41) is 13.5. The number of hydrogen-bond donors (Lipinski definition) is 2. The van der Waals surface area contributed by atoms with Crippen molar-refractivity contribution in [1.29, 1.82) is 0 Å². The minimum atomic E-state index is -4.65. The average Bonchev–Trinajstić information content (AvgIpc) is 2.85. The van der Waals surface area contributed by atoms with Crippen molar-refractivity contribution in [1.82, 2.24) is 0 Å². The van der Waals surface area contributed by atoms with Gasteiger partial charge in [0, 0.05) is 23.9 Å². The van der Waals surface area contributed by atoms with Crippen LogP contribution in [-0.4, -0.2) is 17.5 Å². The second kappa shape index (κ2) is 5.88. The van der Waals surface area contributed by atoms with E-state index in [4.69, 9.17) is 5.73 Å². The molecule has 0 bridgehead atoms. The van der Waals surface area contributed by atoms with Crippen LogP contribution in [0.1, 0.15) is 24.8 Å². The van der Waals surface area contributed by atoms with E-state index in [0.717, 1.165) is 31.4 Å². The van der Waals surface area contributed by atoms with Gasteiger partial charge < -0.3 is 11.1 Å². The molecule has 1 aliphatic rings. The third kappa shape index (κ3) is 3.44. The fourth-order valence-corrected chi connectivity index (χ4v) is 2.71. The van der Waals surface area contributed by atoms with E-state index in [2.05, 4.69) is 5.32 Å². The highest BCUT2D eigenvalue weighted by atomic mass is 19.4. The summed E-state index contributed by atoms with van der Waals surface area (Å²) in [5.74, 6) is 0.126. The van der Waals surface area contributed by atoms with Gasteiger partial charge in [0.15, 0.2) is 0 Å². The molecule has 0 amide bonds. The lowest BCUT2D eigenvalue weighted by Crippen LogP contribution is -2.30. The third-order valence-electron chi connectivity index (χ3n) is 3.82. The van der Waals surface area contributed by atoms with Gasteiger partial charge in [0.1, 0.15) is 0 Å². The molecule has 1 aromatic carbocycles. The molecule has 1 fully saturated rings. The van der Waals surface area contributed by atoms with Crippen molar-refractivity contribution in [3.8, 4) is 0 Å². The number of nitro groups is 1. The predicted molar refractivity (Wildman–Crippen MR) is 71.9 cm³/mol. The van der Waals surface area contributed by atoms with Crippen LogP contribution >= 0.6 is 0 Å². The number of halogens is 3. The van der Waals surface area contributed by atoms with Crippen molar-refractivity contribution in [3.63, 3.8) is 0 Å². The van der Waals surface area contributed by atoms with Crippen molar-refractivity contribution < 1.29 is 18.1 Å². The molecule has 5 nitrogen and oxygen atoms in total. The minimum absolute atomic E-state index is 0.126. The lowest BCUT2D eigenvalue weighted by molar-refractivity contribution is -0.385.